The number of methoxy groups -OCH3 is 1. The lowest BCUT2D eigenvalue weighted by Gasteiger charge is -2.41. The summed E-state index contributed by atoms with van der Waals surface area (Å²) in [7, 11) is 1.73. The molecule has 2 aromatic carbocycles. The Balaban J connectivity index is 1.47. The molecule has 2 fully saturated rings. The van der Waals surface area contributed by atoms with E-state index in [1.54, 1.807) is 24.4 Å². The van der Waals surface area contributed by atoms with Crippen LogP contribution < -0.4 is 10.1 Å². The molecule has 0 radical (unpaired) electrons. The zero-order valence-electron chi connectivity index (χ0n) is 16.6. The van der Waals surface area contributed by atoms with Gasteiger partial charge < -0.3 is 14.8 Å². The highest BCUT2D eigenvalue weighted by Gasteiger charge is 2.49. The third-order valence-electron chi connectivity index (χ3n) is 6.28. The second-order valence-electron chi connectivity index (χ2n) is 7.94. The Morgan fingerprint density at radius 3 is 2.90 bits per heavy atom. The molecule has 1 N–H and O–H groups in total. The molecule has 6 nitrogen and oxygen atoms in total. The van der Waals surface area contributed by atoms with Gasteiger partial charge in [-0.25, -0.2) is 9.67 Å². The largest absolute Gasteiger partial charge is 0.496 e. The maximum absolute atomic E-state index is 6.59. The van der Waals surface area contributed by atoms with Crippen molar-refractivity contribution in [1.29, 1.82) is 0 Å². The number of nitrogens with one attached hydrogen (secondary N) is 1. The van der Waals surface area contributed by atoms with E-state index in [-0.39, 0.29) is 17.6 Å². The Bertz CT molecular complexity index is 960. The molecule has 2 aliphatic rings. The summed E-state index contributed by atoms with van der Waals surface area (Å²) in [6, 6.07) is 17.1. The number of aromatic nitrogens is 3. The number of ether oxygens (including phenoxy) is 2. The van der Waals surface area contributed by atoms with E-state index in [9.17, 15) is 0 Å². The van der Waals surface area contributed by atoms with E-state index in [4.69, 9.17) is 9.47 Å². The van der Waals surface area contributed by atoms with Crippen molar-refractivity contribution in [3.63, 3.8) is 0 Å². The first-order valence-electron chi connectivity index (χ1n) is 10.2. The topological polar surface area (TPSA) is 61.2 Å². The summed E-state index contributed by atoms with van der Waals surface area (Å²) in [5, 5.41) is 7.99. The Morgan fingerprint density at radius 1 is 1.21 bits per heavy atom. The second kappa shape index (κ2) is 7.61. The number of benzene rings is 2. The van der Waals surface area contributed by atoms with Gasteiger partial charge in [0.05, 0.1) is 31.0 Å². The van der Waals surface area contributed by atoms with E-state index < -0.39 is 0 Å². The van der Waals surface area contributed by atoms with Crippen molar-refractivity contribution in [2.75, 3.05) is 20.3 Å². The van der Waals surface area contributed by atoms with Crippen LogP contribution in [-0.4, -0.2) is 40.6 Å². The van der Waals surface area contributed by atoms with E-state index in [0.717, 1.165) is 37.2 Å². The van der Waals surface area contributed by atoms with Crippen molar-refractivity contribution >= 4 is 0 Å². The molecule has 0 bridgehead atoms. The van der Waals surface area contributed by atoms with Crippen LogP contribution in [0.25, 0.3) is 5.69 Å². The van der Waals surface area contributed by atoms with Crippen LogP contribution in [0.2, 0.25) is 0 Å². The predicted octanol–water partition coefficient (Wildman–Crippen LogP) is 3.64. The quantitative estimate of drug-likeness (QED) is 0.737. The average molecular weight is 390 g/mol. The van der Waals surface area contributed by atoms with Crippen LogP contribution in [0, 0.1) is 0 Å². The summed E-state index contributed by atoms with van der Waals surface area (Å²) in [5.41, 5.74) is 3.28. The van der Waals surface area contributed by atoms with Gasteiger partial charge in [-0.15, -0.1) is 0 Å². The zero-order chi connectivity index (χ0) is 19.7. The Hall–Kier alpha value is -2.70. The van der Waals surface area contributed by atoms with Gasteiger partial charge in [0, 0.05) is 11.5 Å². The lowest BCUT2D eigenvalue weighted by atomic mass is 9.77. The second-order valence-corrected chi connectivity index (χ2v) is 7.94. The molecule has 3 aromatic rings. The van der Waals surface area contributed by atoms with Crippen molar-refractivity contribution in [2.45, 2.75) is 36.8 Å². The van der Waals surface area contributed by atoms with E-state index >= 15 is 0 Å². The molecular formula is C23H26N4O2. The first-order valence-corrected chi connectivity index (χ1v) is 10.2. The number of piperidine rings is 1. The van der Waals surface area contributed by atoms with Gasteiger partial charge in [-0.3, -0.25) is 0 Å². The lowest BCUT2D eigenvalue weighted by Crippen LogP contribution is -2.48. The predicted molar refractivity (Wildman–Crippen MR) is 110 cm³/mol. The molecule has 29 heavy (non-hydrogen) atoms. The molecule has 1 spiro atoms. The maximum Gasteiger partial charge on any atom is 0.138 e. The van der Waals surface area contributed by atoms with E-state index in [1.807, 2.05) is 12.1 Å². The fourth-order valence-corrected chi connectivity index (χ4v) is 4.93. The summed E-state index contributed by atoms with van der Waals surface area (Å²) in [5.74, 6) is 1.18. The van der Waals surface area contributed by atoms with Gasteiger partial charge in [0.2, 0.25) is 0 Å². The fraction of sp³-hybridized carbons (Fsp3) is 0.391. The Morgan fingerprint density at radius 2 is 2.10 bits per heavy atom. The molecule has 2 saturated heterocycles. The summed E-state index contributed by atoms with van der Waals surface area (Å²) in [6.07, 6.45) is 6.44. The summed E-state index contributed by atoms with van der Waals surface area (Å²) >= 11 is 0. The number of hydrogen-bond donors (Lipinski definition) is 1. The van der Waals surface area contributed by atoms with Crippen molar-refractivity contribution < 1.29 is 9.47 Å². The van der Waals surface area contributed by atoms with Gasteiger partial charge in [-0.1, -0.05) is 30.3 Å². The molecule has 3 heterocycles. The molecule has 0 saturated carbocycles. The number of nitrogens with zero attached hydrogens (tertiary/aromatic N) is 3. The third kappa shape index (κ3) is 3.32. The molecule has 1 unspecified atom stereocenters. The highest BCUT2D eigenvalue weighted by atomic mass is 16.5. The van der Waals surface area contributed by atoms with E-state index in [2.05, 4.69) is 51.8 Å². The number of hydrogen-bond acceptors (Lipinski definition) is 5. The van der Waals surface area contributed by atoms with E-state index in [1.165, 1.54) is 11.1 Å². The first kappa shape index (κ1) is 18.3. The average Bonchev–Trinajstić information content (AvgIpc) is 3.45. The van der Waals surface area contributed by atoms with Crippen molar-refractivity contribution in [1.82, 2.24) is 20.1 Å². The highest BCUT2D eigenvalue weighted by molar-refractivity contribution is 5.46. The molecule has 2 aliphatic heterocycles. The summed E-state index contributed by atoms with van der Waals surface area (Å²) in [4.78, 5) is 4.07. The lowest BCUT2D eigenvalue weighted by molar-refractivity contribution is -0.0484. The summed E-state index contributed by atoms with van der Waals surface area (Å²) in [6.45, 7) is 1.72. The van der Waals surface area contributed by atoms with Gasteiger partial charge in [-0.2, -0.15) is 5.10 Å². The maximum atomic E-state index is 6.59. The van der Waals surface area contributed by atoms with Crippen LogP contribution in [0.3, 0.4) is 0 Å². The third-order valence-corrected chi connectivity index (χ3v) is 6.28. The Kier molecular flexibility index (Phi) is 4.81. The molecule has 5 rings (SSSR count). The normalized spacial score (nSPS) is 26.7. The molecule has 1 aromatic heterocycles. The zero-order valence-corrected chi connectivity index (χ0v) is 16.6. The van der Waals surface area contributed by atoms with Crippen LogP contribution in [-0.2, 0) is 4.74 Å². The van der Waals surface area contributed by atoms with Crippen molar-refractivity contribution in [2.24, 2.45) is 0 Å². The van der Waals surface area contributed by atoms with Crippen molar-refractivity contribution in [3.8, 4) is 11.4 Å². The molecule has 0 amide bonds. The van der Waals surface area contributed by atoms with Gasteiger partial charge in [-0.05, 0) is 49.6 Å². The van der Waals surface area contributed by atoms with Crippen LogP contribution >= 0.6 is 0 Å². The Labute approximate surface area is 170 Å². The van der Waals surface area contributed by atoms with E-state index in [0.29, 0.717) is 6.61 Å². The SMILES string of the molecule is COc1ccc(-n2cncn2)cc1[C@H]1CO[C@]2(CCCNC2c2ccccc2)C1. The smallest absolute Gasteiger partial charge is 0.138 e. The van der Waals surface area contributed by atoms with Crippen LogP contribution in [0.4, 0.5) is 0 Å². The molecule has 6 heteroatoms. The minimum absolute atomic E-state index is 0.182. The minimum atomic E-state index is -0.182. The monoisotopic (exact) mass is 390 g/mol. The number of rotatable bonds is 4. The van der Waals surface area contributed by atoms with Gasteiger partial charge in [0.1, 0.15) is 18.4 Å². The fourth-order valence-electron chi connectivity index (χ4n) is 4.93. The van der Waals surface area contributed by atoms with Crippen LogP contribution in [0.1, 0.15) is 42.3 Å². The van der Waals surface area contributed by atoms with Crippen molar-refractivity contribution in [3.05, 3.63) is 72.3 Å². The molecular weight excluding hydrogens is 364 g/mol. The first-order chi connectivity index (χ1) is 14.3. The summed E-state index contributed by atoms with van der Waals surface area (Å²) < 4.78 is 14.1. The standard InChI is InChI=1S/C23H26N4O2/c1-28-21-9-8-19(27-16-24-15-26-27)12-20(21)18-13-23(29-14-18)10-5-11-25-22(23)17-6-3-2-4-7-17/h2-4,6-9,12,15-16,18,22,25H,5,10-11,13-14H2,1H3/t18-,22?,23-/m1/s1. The molecule has 0 aliphatic carbocycles. The van der Waals surface area contributed by atoms with Crippen LogP contribution in [0.5, 0.6) is 5.75 Å². The highest BCUT2D eigenvalue weighted by Crippen LogP contribution is 2.49. The molecule has 150 valence electrons. The van der Waals surface area contributed by atoms with Gasteiger partial charge >= 0.3 is 0 Å². The molecule has 3 atom stereocenters. The van der Waals surface area contributed by atoms with Gasteiger partial charge in [0.25, 0.3) is 0 Å². The van der Waals surface area contributed by atoms with Crippen LogP contribution in [0.15, 0.2) is 61.2 Å². The van der Waals surface area contributed by atoms with Gasteiger partial charge in [0.15, 0.2) is 0 Å². The minimum Gasteiger partial charge on any atom is -0.496 e.